The van der Waals surface area contributed by atoms with E-state index in [0.717, 1.165) is 38.3 Å². The van der Waals surface area contributed by atoms with Gasteiger partial charge in [-0.15, -0.1) is 24.0 Å². The van der Waals surface area contributed by atoms with Crippen LogP contribution in [0, 0.1) is 0 Å². The lowest BCUT2D eigenvalue weighted by Crippen LogP contribution is -2.44. The van der Waals surface area contributed by atoms with Crippen LogP contribution in [0.2, 0.25) is 0 Å². The van der Waals surface area contributed by atoms with Gasteiger partial charge in [0.1, 0.15) is 0 Å². The lowest BCUT2D eigenvalue weighted by molar-refractivity contribution is 0.173. The summed E-state index contributed by atoms with van der Waals surface area (Å²) in [6.45, 7) is 11.2. The Kier molecular flexibility index (Phi) is 11.1. The Hall–Kier alpha value is -0.300. The Morgan fingerprint density at radius 3 is 2.24 bits per heavy atom. The van der Waals surface area contributed by atoms with E-state index >= 15 is 0 Å². The third-order valence-corrected chi connectivity index (χ3v) is 3.78. The van der Waals surface area contributed by atoms with Gasteiger partial charge < -0.3 is 10.6 Å². The van der Waals surface area contributed by atoms with Gasteiger partial charge in [-0.25, -0.2) is 0 Å². The summed E-state index contributed by atoms with van der Waals surface area (Å²) in [6.07, 6.45) is 7.81. The summed E-state index contributed by atoms with van der Waals surface area (Å²) in [5.41, 5.74) is 0. The first-order chi connectivity index (χ1) is 9.54. The highest BCUT2D eigenvalue weighted by Gasteiger charge is 2.13. The van der Waals surface area contributed by atoms with Crippen molar-refractivity contribution in [2.45, 2.75) is 65.1 Å². The first kappa shape index (κ1) is 20.7. The molecule has 0 heterocycles. The number of hydrogen-bond acceptors (Lipinski definition) is 2. The molecule has 0 saturated carbocycles. The average molecular weight is 408 g/mol. The molecule has 4 nitrogen and oxygen atoms in total. The molecule has 0 fully saturated rings. The van der Waals surface area contributed by atoms with E-state index in [2.05, 4.69) is 60.4 Å². The van der Waals surface area contributed by atoms with Crippen molar-refractivity contribution in [3.8, 4) is 0 Å². The molecule has 0 aliphatic heterocycles. The summed E-state index contributed by atoms with van der Waals surface area (Å²) >= 11 is 0. The molecule has 0 unspecified atom stereocenters. The smallest absolute Gasteiger partial charge is 0.191 e. The zero-order chi connectivity index (χ0) is 15.0. The standard InChI is InChI=1S/C16H32N4.HI/c1-13(2)20(14(3)4)12-8-11-18-16(17-5)19-15-9-6-7-10-15;/h6-7,13-15H,8-12H2,1-5H3,(H2,17,18,19);1H. The van der Waals surface area contributed by atoms with Crippen molar-refractivity contribution >= 4 is 29.9 Å². The number of guanidine groups is 1. The summed E-state index contributed by atoms with van der Waals surface area (Å²) in [5.74, 6) is 0.930. The van der Waals surface area contributed by atoms with Crippen molar-refractivity contribution < 1.29 is 0 Å². The van der Waals surface area contributed by atoms with Crippen LogP contribution >= 0.6 is 24.0 Å². The topological polar surface area (TPSA) is 39.7 Å². The molecule has 0 amide bonds. The molecule has 0 bridgehead atoms. The molecule has 2 N–H and O–H groups in total. The van der Waals surface area contributed by atoms with Crippen molar-refractivity contribution in [1.82, 2.24) is 15.5 Å². The highest BCUT2D eigenvalue weighted by atomic mass is 127. The zero-order valence-corrected chi connectivity index (χ0v) is 16.6. The molecule has 1 rings (SSSR count). The van der Waals surface area contributed by atoms with E-state index in [1.807, 2.05) is 7.05 Å². The fourth-order valence-electron chi connectivity index (χ4n) is 2.70. The molecule has 0 aromatic heterocycles. The second-order valence-corrected chi connectivity index (χ2v) is 6.06. The Morgan fingerprint density at radius 1 is 1.19 bits per heavy atom. The van der Waals surface area contributed by atoms with E-state index in [4.69, 9.17) is 0 Å². The largest absolute Gasteiger partial charge is 0.356 e. The van der Waals surface area contributed by atoms with Crippen LogP contribution in [-0.4, -0.2) is 49.1 Å². The van der Waals surface area contributed by atoms with Crippen LogP contribution in [0.4, 0.5) is 0 Å². The van der Waals surface area contributed by atoms with Gasteiger partial charge >= 0.3 is 0 Å². The van der Waals surface area contributed by atoms with Crippen LogP contribution in [0.3, 0.4) is 0 Å². The number of nitrogens with one attached hydrogen (secondary N) is 2. The highest BCUT2D eigenvalue weighted by Crippen LogP contribution is 2.08. The molecular formula is C16H33IN4. The van der Waals surface area contributed by atoms with Crippen LogP contribution in [0.15, 0.2) is 17.1 Å². The Balaban J connectivity index is 0.00000400. The molecule has 5 heteroatoms. The van der Waals surface area contributed by atoms with Gasteiger partial charge in [0, 0.05) is 38.3 Å². The first-order valence-corrected chi connectivity index (χ1v) is 7.92. The second-order valence-electron chi connectivity index (χ2n) is 6.06. The molecule has 21 heavy (non-hydrogen) atoms. The number of halogens is 1. The molecule has 0 aromatic rings. The zero-order valence-electron chi connectivity index (χ0n) is 14.2. The van der Waals surface area contributed by atoms with E-state index < -0.39 is 0 Å². The van der Waals surface area contributed by atoms with Crippen LogP contribution in [0.1, 0.15) is 47.0 Å². The molecule has 0 atom stereocenters. The van der Waals surface area contributed by atoms with Crippen molar-refractivity contribution in [1.29, 1.82) is 0 Å². The quantitative estimate of drug-likeness (QED) is 0.224. The van der Waals surface area contributed by atoms with Crippen LogP contribution < -0.4 is 10.6 Å². The summed E-state index contributed by atoms with van der Waals surface area (Å²) in [4.78, 5) is 6.82. The van der Waals surface area contributed by atoms with Crippen molar-refractivity contribution in [2.24, 2.45) is 4.99 Å². The Labute approximate surface area is 147 Å². The van der Waals surface area contributed by atoms with Gasteiger partial charge in [0.15, 0.2) is 5.96 Å². The molecule has 124 valence electrons. The van der Waals surface area contributed by atoms with Gasteiger partial charge in [0.05, 0.1) is 0 Å². The molecule has 1 aliphatic carbocycles. The number of aliphatic imine (C=N–C) groups is 1. The van der Waals surface area contributed by atoms with Gasteiger partial charge in [-0.3, -0.25) is 9.89 Å². The molecule has 0 radical (unpaired) electrons. The maximum absolute atomic E-state index is 4.29. The van der Waals surface area contributed by atoms with Crippen LogP contribution in [0.25, 0.3) is 0 Å². The van der Waals surface area contributed by atoms with Crippen molar-refractivity contribution in [3.05, 3.63) is 12.2 Å². The molecular weight excluding hydrogens is 375 g/mol. The van der Waals surface area contributed by atoms with E-state index in [0.29, 0.717) is 18.1 Å². The van der Waals surface area contributed by atoms with E-state index in [9.17, 15) is 0 Å². The predicted molar refractivity (Wildman–Crippen MR) is 104 cm³/mol. The fraction of sp³-hybridized carbons (Fsp3) is 0.812. The van der Waals surface area contributed by atoms with Gasteiger partial charge in [-0.2, -0.15) is 0 Å². The average Bonchev–Trinajstić information content (AvgIpc) is 2.88. The maximum Gasteiger partial charge on any atom is 0.191 e. The number of rotatable bonds is 7. The third-order valence-electron chi connectivity index (χ3n) is 3.78. The minimum atomic E-state index is 0. The minimum absolute atomic E-state index is 0. The van der Waals surface area contributed by atoms with Gasteiger partial charge in [-0.1, -0.05) is 12.2 Å². The fourth-order valence-corrected chi connectivity index (χ4v) is 2.70. The van der Waals surface area contributed by atoms with Crippen LogP contribution in [0.5, 0.6) is 0 Å². The van der Waals surface area contributed by atoms with Gasteiger partial charge in [-0.05, 0) is 47.0 Å². The predicted octanol–water partition coefficient (Wildman–Crippen LogP) is 3.00. The lowest BCUT2D eigenvalue weighted by atomic mass is 10.2. The number of hydrogen-bond donors (Lipinski definition) is 2. The summed E-state index contributed by atoms with van der Waals surface area (Å²) < 4.78 is 0. The highest BCUT2D eigenvalue weighted by molar-refractivity contribution is 14.0. The van der Waals surface area contributed by atoms with E-state index in [-0.39, 0.29) is 24.0 Å². The maximum atomic E-state index is 4.29. The van der Waals surface area contributed by atoms with Crippen molar-refractivity contribution in [3.63, 3.8) is 0 Å². The normalized spacial score (nSPS) is 15.9. The lowest BCUT2D eigenvalue weighted by Gasteiger charge is -2.30. The third kappa shape index (κ3) is 8.04. The molecule has 0 aromatic carbocycles. The monoisotopic (exact) mass is 408 g/mol. The summed E-state index contributed by atoms with van der Waals surface area (Å²) in [6, 6.07) is 1.73. The minimum Gasteiger partial charge on any atom is -0.356 e. The van der Waals surface area contributed by atoms with E-state index in [1.165, 1.54) is 0 Å². The molecule has 0 saturated heterocycles. The number of nitrogens with zero attached hydrogens (tertiary/aromatic N) is 2. The SMILES string of the molecule is CN=C(NCCCN(C(C)C)C(C)C)NC1CC=CC1.I. The Morgan fingerprint density at radius 2 is 1.76 bits per heavy atom. The van der Waals surface area contributed by atoms with Crippen molar-refractivity contribution in [2.75, 3.05) is 20.1 Å². The molecule has 0 spiro atoms. The van der Waals surface area contributed by atoms with Gasteiger partial charge in [0.2, 0.25) is 0 Å². The Bertz CT molecular complexity index is 310. The van der Waals surface area contributed by atoms with Crippen LogP contribution in [-0.2, 0) is 0 Å². The second kappa shape index (κ2) is 11.3. The summed E-state index contributed by atoms with van der Waals surface area (Å²) in [7, 11) is 1.84. The first-order valence-electron chi connectivity index (χ1n) is 7.92. The van der Waals surface area contributed by atoms with Gasteiger partial charge in [0.25, 0.3) is 0 Å². The molecule has 1 aliphatic rings. The summed E-state index contributed by atoms with van der Waals surface area (Å²) in [5, 5.41) is 6.88. The van der Waals surface area contributed by atoms with E-state index in [1.54, 1.807) is 0 Å².